The fourth-order valence-corrected chi connectivity index (χ4v) is 1.02. The number of hydrogen-bond acceptors (Lipinski definition) is 4. The molecule has 0 heterocycles. The first-order valence-electron chi connectivity index (χ1n) is 5.13. The molecule has 2 atom stereocenters. The third-order valence-electron chi connectivity index (χ3n) is 2.63. The van der Waals surface area contributed by atoms with Gasteiger partial charge in [0.2, 0.25) is 5.91 Å². The standard InChI is InChI=1S/C10H20N2O4/c1-4-10(2,9(14)15)6-12-8(13)7(11)5-16-3/h7H,4-6,11H2,1-3H3,(H,12,13)(H,14,15). The lowest BCUT2D eigenvalue weighted by Crippen LogP contribution is -2.48. The van der Waals surface area contributed by atoms with Crippen molar-refractivity contribution in [1.29, 1.82) is 0 Å². The van der Waals surface area contributed by atoms with Gasteiger partial charge in [-0.3, -0.25) is 9.59 Å². The number of nitrogens with two attached hydrogens (primary N) is 1. The number of aliphatic carboxylic acids is 1. The summed E-state index contributed by atoms with van der Waals surface area (Å²) in [4.78, 5) is 22.4. The van der Waals surface area contributed by atoms with Gasteiger partial charge in [-0.25, -0.2) is 0 Å². The Balaban J connectivity index is 4.22. The zero-order valence-electron chi connectivity index (χ0n) is 9.95. The van der Waals surface area contributed by atoms with Gasteiger partial charge in [0.25, 0.3) is 0 Å². The van der Waals surface area contributed by atoms with Gasteiger partial charge in [0.15, 0.2) is 0 Å². The first-order chi connectivity index (χ1) is 7.37. The second-order valence-corrected chi connectivity index (χ2v) is 4.00. The van der Waals surface area contributed by atoms with Gasteiger partial charge in [-0.2, -0.15) is 0 Å². The van der Waals surface area contributed by atoms with Crippen LogP contribution in [0.25, 0.3) is 0 Å². The predicted molar refractivity (Wildman–Crippen MR) is 58.9 cm³/mol. The predicted octanol–water partition coefficient (Wildman–Crippen LogP) is -0.423. The number of amides is 1. The summed E-state index contributed by atoms with van der Waals surface area (Å²) in [5, 5.41) is 11.5. The summed E-state index contributed by atoms with van der Waals surface area (Å²) in [6, 6.07) is -0.764. The van der Waals surface area contributed by atoms with Crippen LogP contribution in [-0.2, 0) is 14.3 Å². The molecule has 0 fully saturated rings. The molecule has 0 saturated heterocycles. The molecular formula is C10H20N2O4. The lowest BCUT2D eigenvalue weighted by Gasteiger charge is -2.24. The number of carboxylic acid groups (broad SMARTS) is 1. The van der Waals surface area contributed by atoms with E-state index < -0.39 is 23.3 Å². The van der Waals surface area contributed by atoms with Gasteiger partial charge in [-0.1, -0.05) is 6.92 Å². The third kappa shape index (κ3) is 4.16. The van der Waals surface area contributed by atoms with E-state index in [0.717, 1.165) is 0 Å². The Labute approximate surface area is 95.1 Å². The van der Waals surface area contributed by atoms with Gasteiger partial charge in [0, 0.05) is 13.7 Å². The van der Waals surface area contributed by atoms with Crippen molar-refractivity contribution >= 4 is 11.9 Å². The lowest BCUT2D eigenvalue weighted by atomic mass is 9.87. The molecule has 0 aliphatic heterocycles. The number of nitrogens with one attached hydrogen (secondary N) is 1. The zero-order valence-corrected chi connectivity index (χ0v) is 9.95. The van der Waals surface area contributed by atoms with Crippen LogP contribution in [0.5, 0.6) is 0 Å². The van der Waals surface area contributed by atoms with Crippen LogP contribution in [0.2, 0.25) is 0 Å². The number of carboxylic acids is 1. The average Bonchev–Trinajstić information content (AvgIpc) is 2.25. The fourth-order valence-electron chi connectivity index (χ4n) is 1.02. The Morgan fingerprint density at radius 2 is 2.12 bits per heavy atom. The Morgan fingerprint density at radius 1 is 1.56 bits per heavy atom. The van der Waals surface area contributed by atoms with Gasteiger partial charge < -0.3 is 20.9 Å². The Kier molecular flexibility index (Phi) is 5.98. The van der Waals surface area contributed by atoms with Crippen LogP contribution >= 0.6 is 0 Å². The maximum atomic E-state index is 11.4. The van der Waals surface area contributed by atoms with E-state index in [0.29, 0.717) is 6.42 Å². The SMILES string of the molecule is CCC(C)(CNC(=O)C(N)COC)C(=O)O. The minimum atomic E-state index is -0.956. The maximum Gasteiger partial charge on any atom is 0.311 e. The Morgan fingerprint density at radius 3 is 2.50 bits per heavy atom. The topological polar surface area (TPSA) is 102 Å². The van der Waals surface area contributed by atoms with Crippen LogP contribution < -0.4 is 11.1 Å². The molecule has 4 N–H and O–H groups in total. The van der Waals surface area contributed by atoms with E-state index in [-0.39, 0.29) is 13.2 Å². The van der Waals surface area contributed by atoms with Gasteiger partial charge in [-0.15, -0.1) is 0 Å². The molecule has 0 bridgehead atoms. The van der Waals surface area contributed by atoms with Crippen LogP contribution in [0, 0.1) is 5.41 Å². The summed E-state index contributed by atoms with van der Waals surface area (Å²) < 4.78 is 4.73. The molecule has 0 aromatic heterocycles. The molecule has 2 unspecified atom stereocenters. The second kappa shape index (κ2) is 6.44. The monoisotopic (exact) mass is 232 g/mol. The molecule has 0 aliphatic rings. The highest BCUT2D eigenvalue weighted by Crippen LogP contribution is 2.19. The van der Waals surface area contributed by atoms with Crippen molar-refractivity contribution in [2.75, 3.05) is 20.3 Å². The number of ether oxygens (including phenoxy) is 1. The molecule has 0 aromatic carbocycles. The quantitative estimate of drug-likeness (QED) is 0.553. The van der Waals surface area contributed by atoms with Gasteiger partial charge in [-0.05, 0) is 13.3 Å². The zero-order chi connectivity index (χ0) is 12.8. The van der Waals surface area contributed by atoms with E-state index in [2.05, 4.69) is 5.32 Å². The maximum absolute atomic E-state index is 11.4. The summed E-state index contributed by atoms with van der Waals surface area (Å²) in [5.41, 5.74) is 4.53. The molecule has 6 heteroatoms. The highest BCUT2D eigenvalue weighted by Gasteiger charge is 2.31. The third-order valence-corrected chi connectivity index (χ3v) is 2.63. The van der Waals surface area contributed by atoms with Crippen molar-refractivity contribution in [3.63, 3.8) is 0 Å². The summed E-state index contributed by atoms with van der Waals surface area (Å²) in [5.74, 6) is -1.33. The number of methoxy groups -OCH3 is 1. The van der Waals surface area contributed by atoms with Crippen LogP contribution in [-0.4, -0.2) is 43.3 Å². The summed E-state index contributed by atoms with van der Waals surface area (Å²) in [7, 11) is 1.44. The number of carbonyl (C=O) groups is 2. The summed E-state index contributed by atoms with van der Waals surface area (Å²) in [6.45, 7) is 3.52. The highest BCUT2D eigenvalue weighted by molar-refractivity contribution is 5.82. The summed E-state index contributed by atoms with van der Waals surface area (Å²) in [6.07, 6.45) is 0.433. The van der Waals surface area contributed by atoms with E-state index in [1.54, 1.807) is 13.8 Å². The van der Waals surface area contributed by atoms with Crippen LogP contribution in [0.1, 0.15) is 20.3 Å². The van der Waals surface area contributed by atoms with Gasteiger partial charge in [0.1, 0.15) is 6.04 Å². The minimum absolute atomic E-state index is 0.0646. The molecule has 1 amide bonds. The van der Waals surface area contributed by atoms with Crippen LogP contribution in [0.4, 0.5) is 0 Å². The van der Waals surface area contributed by atoms with Crippen molar-refractivity contribution in [2.24, 2.45) is 11.1 Å². The molecule has 6 nitrogen and oxygen atoms in total. The highest BCUT2D eigenvalue weighted by atomic mass is 16.5. The van der Waals surface area contributed by atoms with E-state index in [4.69, 9.17) is 15.6 Å². The van der Waals surface area contributed by atoms with Crippen molar-refractivity contribution < 1.29 is 19.4 Å². The van der Waals surface area contributed by atoms with Crippen LogP contribution in [0.15, 0.2) is 0 Å². The van der Waals surface area contributed by atoms with E-state index in [1.807, 2.05) is 0 Å². The van der Waals surface area contributed by atoms with E-state index >= 15 is 0 Å². The fraction of sp³-hybridized carbons (Fsp3) is 0.800. The molecular weight excluding hydrogens is 212 g/mol. The molecule has 0 rings (SSSR count). The van der Waals surface area contributed by atoms with Gasteiger partial charge in [0.05, 0.1) is 12.0 Å². The number of carbonyl (C=O) groups excluding carboxylic acids is 1. The minimum Gasteiger partial charge on any atom is -0.481 e. The van der Waals surface area contributed by atoms with Crippen molar-refractivity contribution in [3.05, 3.63) is 0 Å². The largest absolute Gasteiger partial charge is 0.481 e. The Bertz CT molecular complexity index is 257. The van der Waals surface area contributed by atoms with Crippen molar-refractivity contribution in [3.8, 4) is 0 Å². The van der Waals surface area contributed by atoms with Crippen molar-refractivity contribution in [2.45, 2.75) is 26.3 Å². The average molecular weight is 232 g/mol. The van der Waals surface area contributed by atoms with E-state index in [9.17, 15) is 9.59 Å². The van der Waals surface area contributed by atoms with Crippen LogP contribution in [0.3, 0.4) is 0 Å². The van der Waals surface area contributed by atoms with E-state index in [1.165, 1.54) is 7.11 Å². The number of rotatable bonds is 7. The first kappa shape index (κ1) is 14.9. The second-order valence-electron chi connectivity index (χ2n) is 4.00. The summed E-state index contributed by atoms with van der Waals surface area (Å²) >= 11 is 0. The molecule has 94 valence electrons. The number of hydrogen-bond donors (Lipinski definition) is 3. The Hall–Kier alpha value is -1.14. The molecule has 16 heavy (non-hydrogen) atoms. The smallest absolute Gasteiger partial charge is 0.311 e. The molecule has 0 radical (unpaired) electrons. The van der Waals surface area contributed by atoms with Crippen molar-refractivity contribution in [1.82, 2.24) is 5.32 Å². The van der Waals surface area contributed by atoms with Gasteiger partial charge >= 0.3 is 5.97 Å². The molecule has 0 aromatic rings. The molecule has 0 aliphatic carbocycles. The molecule has 0 spiro atoms. The first-order valence-corrected chi connectivity index (χ1v) is 5.13. The lowest BCUT2D eigenvalue weighted by molar-refractivity contribution is -0.148. The molecule has 0 saturated carbocycles. The normalized spacial score (nSPS) is 16.2.